The second-order valence-electron chi connectivity index (χ2n) is 29.9. The highest BCUT2D eigenvalue weighted by molar-refractivity contribution is 7.00. The van der Waals surface area contributed by atoms with Crippen molar-refractivity contribution in [3.63, 3.8) is 0 Å². The topological polar surface area (TPSA) is 19.4 Å². The molecule has 370 valence electrons. The van der Waals surface area contributed by atoms with Crippen LogP contribution in [-0.4, -0.2) is 11.7 Å². The van der Waals surface area contributed by atoms with Crippen LogP contribution in [-0.2, 0) is 37.9 Å². The molecule has 0 saturated heterocycles. The maximum atomic E-state index is 6.37. The Bertz CT molecular complexity index is 3020. The Kier molecular flexibility index (Phi) is 9.78. The Morgan fingerprint density at radius 1 is 0.493 bits per heavy atom. The predicted octanol–water partition coefficient (Wildman–Crippen LogP) is 16.0. The van der Waals surface area contributed by atoms with Gasteiger partial charge in [0.25, 0.3) is 6.71 Å². The Morgan fingerprint density at radius 3 is 1.77 bits per heavy atom. The second kappa shape index (κ2) is 14.9. The van der Waals surface area contributed by atoms with E-state index in [4.69, 9.17) is 4.98 Å². The van der Waals surface area contributed by atoms with Crippen molar-refractivity contribution in [2.45, 2.75) is 212 Å². The quantitative estimate of drug-likeness (QED) is 0.165. The van der Waals surface area contributed by atoms with E-state index in [0.29, 0.717) is 0 Å². The first kappa shape index (κ1) is 46.5. The molecule has 0 amide bonds. The molecule has 3 heterocycles. The van der Waals surface area contributed by atoms with E-state index in [9.17, 15) is 0 Å². The summed E-state index contributed by atoms with van der Waals surface area (Å²) in [5.74, 6) is 5.65. The van der Waals surface area contributed by atoms with Crippen LogP contribution >= 0.6 is 0 Å². The predicted molar refractivity (Wildman–Crippen MR) is 302 cm³/mol. The summed E-state index contributed by atoms with van der Waals surface area (Å²) >= 11 is 0. The minimum Gasteiger partial charge on any atom is -0.311 e. The van der Waals surface area contributed by atoms with Crippen molar-refractivity contribution in [3.05, 3.63) is 118 Å². The fourth-order valence-electron chi connectivity index (χ4n) is 17.0. The number of anilines is 6. The third-order valence-corrected chi connectivity index (χ3v) is 21.6. The van der Waals surface area contributed by atoms with Crippen molar-refractivity contribution in [2.24, 2.45) is 29.6 Å². The zero-order chi connectivity index (χ0) is 49.7. The molecule has 3 unspecified atom stereocenters. The number of pyridine rings is 1. The van der Waals surface area contributed by atoms with Gasteiger partial charge in [-0.1, -0.05) is 140 Å². The van der Waals surface area contributed by atoms with Gasteiger partial charge in [-0.25, -0.2) is 4.98 Å². The summed E-state index contributed by atoms with van der Waals surface area (Å²) < 4.78 is 0. The maximum absolute atomic E-state index is 6.37. The lowest BCUT2D eigenvalue weighted by molar-refractivity contribution is -0.0786. The van der Waals surface area contributed by atoms with Crippen molar-refractivity contribution in [1.82, 2.24) is 4.98 Å². The smallest absolute Gasteiger partial charge is 0.254 e. The minimum absolute atomic E-state index is 0.0103. The molecule has 4 aromatic carbocycles. The van der Waals surface area contributed by atoms with Gasteiger partial charge in [0, 0.05) is 33.9 Å². The lowest BCUT2D eigenvalue weighted by Gasteiger charge is -2.61. The Hall–Kier alpha value is -4.31. The van der Waals surface area contributed by atoms with Crippen LogP contribution in [0.3, 0.4) is 0 Å². The van der Waals surface area contributed by atoms with Crippen molar-refractivity contribution >= 4 is 57.4 Å². The molecule has 71 heavy (non-hydrogen) atoms. The molecule has 0 N–H and O–H groups in total. The molecule has 4 fully saturated rings. The van der Waals surface area contributed by atoms with E-state index >= 15 is 0 Å². The average Bonchev–Trinajstić information content (AvgIpc) is 3.32. The normalized spacial score (nSPS) is 28.9. The Labute approximate surface area is 429 Å². The lowest BCUT2D eigenvalue weighted by Crippen LogP contribution is -2.62. The molecule has 8 aliphatic rings. The SMILES string of the molecule is CC(C)(C)c1ccc(N2c3ccc(C(C)(C)C)cc3B3c4cc5c(cc4N(c4ccc6c(c4)C(C)(C)CCC6(C)C)c4cc([C@]67CC[C@@H]8CC9CCC(C6)[C@H](C9)C8C7)nc2c43)C(C)(C)CCC5(C)C)cc1. The van der Waals surface area contributed by atoms with E-state index in [1.165, 1.54) is 161 Å². The molecule has 0 radical (unpaired) electrons. The van der Waals surface area contributed by atoms with Gasteiger partial charge in [-0.15, -0.1) is 0 Å². The number of hydrogen-bond acceptors (Lipinski definition) is 3. The lowest BCUT2D eigenvalue weighted by atomic mass is 9.33. The molecule has 4 bridgehead atoms. The number of fused-ring (bicyclic) bond motifs is 8. The van der Waals surface area contributed by atoms with Gasteiger partial charge in [0.1, 0.15) is 5.82 Å². The molecule has 4 heteroatoms. The second-order valence-corrected chi connectivity index (χ2v) is 29.9. The largest absolute Gasteiger partial charge is 0.311 e. The van der Waals surface area contributed by atoms with Gasteiger partial charge in [-0.2, -0.15) is 0 Å². The van der Waals surface area contributed by atoms with Crippen LogP contribution in [0.5, 0.6) is 0 Å². The number of rotatable bonds is 3. The minimum atomic E-state index is -0.0103. The van der Waals surface area contributed by atoms with Gasteiger partial charge in [-0.05, 0) is 225 Å². The van der Waals surface area contributed by atoms with Crippen LogP contribution in [0.15, 0.2) is 78.9 Å². The summed E-state index contributed by atoms with van der Waals surface area (Å²) in [5, 5.41) is 0. The van der Waals surface area contributed by atoms with E-state index < -0.39 is 0 Å². The highest BCUT2D eigenvalue weighted by Crippen LogP contribution is 2.65. The van der Waals surface area contributed by atoms with Crippen molar-refractivity contribution in [1.29, 1.82) is 0 Å². The molecule has 1 aromatic heterocycles. The summed E-state index contributed by atoms with van der Waals surface area (Å²) in [6.07, 6.45) is 15.9. The highest BCUT2D eigenvalue weighted by Gasteiger charge is 2.58. The average molecular weight is 942 g/mol. The number of aromatic nitrogens is 1. The molecule has 5 aromatic rings. The fraction of sp³-hybridized carbons (Fsp3) is 0.567. The molecule has 6 atom stereocenters. The van der Waals surface area contributed by atoms with E-state index in [-0.39, 0.29) is 44.6 Å². The van der Waals surface area contributed by atoms with Crippen LogP contribution in [0.25, 0.3) is 0 Å². The van der Waals surface area contributed by atoms with Gasteiger partial charge in [0.2, 0.25) is 0 Å². The molecule has 4 saturated carbocycles. The third kappa shape index (κ3) is 6.89. The van der Waals surface area contributed by atoms with Crippen molar-refractivity contribution in [2.75, 3.05) is 9.80 Å². The first-order chi connectivity index (χ1) is 33.3. The summed E-state index contributed by atoms with van der Waals surface area (Å²) in [4.78, 5) is 11.8. The molecular weight excluding hydrogens is 858 g/mol. The molecule has 2 aliphatic heterocycles. The van der Waals surface area contributed by atoms with Crippen LogP contribution in [0.4, 0.5) is 34.3 Å². The summed E-state index contributed by atoms with van der Waals surface area (Å²) in [7, 11) is 0. The first-order valence-electron chi connectivity index (χ1n) is 28.6. The van der Waals surface area contributed by atoms with Gasteiger partial charge in [-0.3, -0.25) is 4.90 Å². The summed E-state index contributed by atoms with van der Waals surface area (Å²) in [5.41, 5.74) is 21.6. The summed E-state index contributed by atoms with van der Waals surface area (Å²) in [6.45, 7) is 34.3. The van der Waals surface area contributed by atoms with Gasteiger partial charge in [0.15, 0.2) is 0 Å². The van der Waals surface area contributed by atoms with Crippen LogP contribution < -0.4 is 26.2 Å². The van der Waals surface area contributed by atoms with E-state index in [0.717, 1.165) is 29.6 Å². The molecule has 13 rings (SSSR count). The Balaban J connectivity index is 1.14. The van der Waals surface area contributed by atoms with Crippen LogP contribution in [0.2, 0.25) is 0 Å². The van der Waals surface area contributed by atoms with Crippen LogP contribution in [0, 0.1) is 29.6 Å². The van der Waals surface area contributed by atoms with E-state index in [2.05, 4.69) is 186 Å². The van der Waals surface area contributed by atoms with Gasteiger partial charge < -0.3 is 4.90 Å². The number of benzene rings is 4. The van der Waals surface area contributed by atoms with Gasteiger partial charge in [0.05, 0.1) is 5.69 Å². The first-order valence-corrected chi connectivity index (χ1v) is 28.6. The third-order valence-electron chi connectivity index (χ3n) is 21.6. The van der Waals surface area contributed by atoms with Crippen molar-refractivity contribution < 1.29 is 0 Å². The molecule has 6 aliphatic carbocycles. The zero-order valence-corrected chi connectivity index (χ0v) is 46.3. The fourth-order valence-corrected chi connectivity index (χ4v) is 17.0. The standard InChI is InChI=1S/C67H84BN3/c1-61(2,3)43-17-20-45(21-18-43)71-55-24-19-44(62(4,5)6)33-53(55)68-54-35-51-52(66(13,14)30-29-65(51,11)12)36-56(54)70(46-22-23-49-50(34-46)64(9,10)28-27-63(49,7)8)57-37-58(69-60(71)59(57)68)67-26-25-41-31-40-15-16-42(38-67)47(32-40)48(41)39-67/h17-24,33-37,40-42,47-48H,15-16,25-32,38-39H2,1-14H3/t40?,41-,42?,47+,48?,67-/m1/s1. The van der Waals surface area contributed by atoms with Crippen LogP contribution in [0.1, 0.15) is 213 Å². The monoisotopic (exact) mass is 942 g/mol. The summed E-state index contributed by atoms with van der Waals surface area (Å²) in [6, 6.07) is 33.1. The maximum Gasteiger partial charge on any atom is 0.254 e. The Morgan fingerprint density at radius 2 is 1.10 bits per heavy atom. The van der Waals surface area contributed by atoms with E-state index in [1.807, 2.05) is 0 Å². The highest BCUT2D eigenvalue weighted by atomic mass is 15.2. The molecular formula is C67H84BN3. The molecule has 3 nitrogen and oxygen atoms in total. The van der Waals surface area contributed by atoms with E-state index in [1.54, 1.807) is 5.56 Å². The number of hydrogen-bond donors (Lipinski definition) is 0. The van der Waals surface area contributed by atoms with Gasteiger partial charge >= 0.3 is 0 Å². The zero-order valence-electron chi connectivity index (χ0n) is 46.3. The molecule has 0 spiro atoms. The van der Waals surface area contributed by atoms with Crippen molar-refractivity contribution in [3.8, 4) is 0 Å². The number of nitrogens with zero attached hydrogens (tertiary/aromatic N) is 3.